The second-order valence-electron chi connectivity index (χ2n) is 6.40. The van der Waals surface area contributed by atoms with Crippen molar-refractivity contribution in [2.75, 3.05) is 32.8 Å². The van der Waals surface area contributed by atoms with Crippen molar-refractivity contribution in [1.29, 1.82) is 0 Å². The van der Waals surface area contributed by atoms with Crippen LogP contribution in [0.2, 0.25) is 0 Å². The summed E-state index contributed by atoms with van der Waals surface area (Å²) in [5.41, 5.74) is 7.43. The molecule has 0 aromatic heterocycles. The van der Waals surface area contributed by atoms with Crippen molar-refractivity contribution in [3.63, 3.8) is 0 Å². The van der Waals surface area contributed by atoms with Crippen molar-refractivity contribution in [3.8, 4) is 11.5 Å². The summed E-state index contributed by atoms with van der Waals surface area (Å²) in [7, 11) is 0. The van der Waals surface area contributed by atoms with E-state index in [1.165, 1.54) is 24.8 Å². The molecule has 0 amide bonds. The number of nitrogens with two attached hydrogens (primary N) is 1. The van der Waals surface area contributed by atoms with Crippen LogP contribution < -0.4 is 15.2 Å². The Kier molecular flexibility index (Phi) is 4.36. The average Bonchev–Trinajstić information content (AvgIpc) is 2.55. The quantitative estimate of drug-likeness (QED) is 0.923. The van der Waals surface area contributed by atoms with Gasteiger partial charge in [-0.15, -0.1) is 0 Å². The zero-order valence-electron chi connectivity index (χ0n) is 12.9. The smallest absolute Gasteiger partial charge is 0.161 e. The van der Waals surface area contributed by atoms with Crippen LogP contribution >= 0.6 is 0 Å². The highest BCUT2D eigenvalue weighted by Crippen LogP contribution is 2.33. The molecule has 0 spiro atoms. The lowest BCUT2D eigenvalue weighted by molar-refractivity contribution is 0.0868. The number of piperidine rings is 1. The monoisotopic (exact) mass is 290 g/mol. The number of likely N-dealkylation sites (tertiary alicyclic amines) is 1. The molecule has 2 heterocycles. The number of benzene rings is 1. The minimum atomic E-state index is 0.0319. The van der Waals surface area contributed by atoms with Crippen LogP contribution in [0.25, 0.3) is 0 Å². The van der Waals surface area contributed by atoms with E-state index in [2.05, 4.69) is 24.0 Å². The molecule has 1 atom stereocenters. The molecular formula is C17H26N2O2. The van der Waals surface area contributed by atoms with Gasteiger partial charge in [-0.2, -0.15) is 0 Å². The molecule has 0 saturated carbocycles. The third kappa shape index (κ3) is 3.16. The fraction of sp³-hybridized carbons (Fsp3) is 0.647. The van der Waals surface area contributed by atoms with Crippen LogP contribution in [0, 0.1) is 0 Å². The molecule has 2 aliphatic heterocycles. The van der Waals surface area contributed by atoms with Crippen molar-refractivity contribution >= 4 is 0 Å². The predicted molar refractivity (Wildman–Crippen MR) is 84.0 cm³/mol. The number of nitrogens with zero attached hydrogens (tertiary/aromatic N) is 1. The average molecular weight is 290 g/mol. The molecule has 4 heteroatoms. The third-order valence-corrected chi connectivity index (χ3v) is 4.75. The molecule has 4 nitrogen and oxygen atoms in total. The first kappa shape index (κ1) is 14.7. The van der Waals surface area contributed by atoms with Gasteiger partial charge in [-0.3, -0.25) is 4.90 Å². The first-order chi connectivity index (χ1) is 10.2. The highest BCUT2D eigenvalue weighted by Gasteiger charge is 2.31. The fourth-order valence-electron chi connectivity index (χ4n) is 3.38. The summed E-state index contributed by atoms with van der Waals surface area (Å²) in [6, 6.07) is 6.29. The molecule has 0 radical (unpaired) electrons. The van der Waals surface area contributed by atoms with Crippen LogP contribution in [0.4, 0.5) is 0 Å². The van der Waals surface area contributed by atoms with Crippen molar-refractivity contribution in [2.45, 2.75) is 38.1 Å². The Morgan fingerprint density at radius 3 is 2.52 bits per heavy atom. The lowest BCUT2D eigenvalue weighted by Crippen LogP contribution is -2.54. The van der Waals surface area contributed by atoms with Crippen molar-refractivity contribution in [3.05, 3.63) is 23.8 Å². The Balaban J connectivity index is 1.76. The summed E-state index contributed by atoms with van der Waals surface area (Å²) in [5, 5.41) is 0. The molecule has 21 heavy (non-hydrogen) atoms. The lowest BCUT2D eigenvalue weighted by Gasteiger charge is -2.43. The summed E-state index contributed by atoms with van der Waals surface area (Å²) >= 11 is 0. The second kappa shape index (κ2) is 6.24. The van der Waals surface area contributed by atoms with Crippen LogP contribution in [0.15, 0.2) is 18.2 Å². The SMILES string of the molecule is CC(CN)(Cc1ccc2c(c1)OCCO2)N1CCCCC1. The Bertz CT molecular complexity index is 486. The summed E-state index contributed by atoms with van der Waals surface area (Å²) in [6.07, 6.45) is 4.88. The zero-order valence-corrected chi connectivity index (χ0v) is 12.9. The van der Waals surface area contributed by atoms with Gasteiger partial charge in [0.05, 0.1) is 0 Å². The molecule has 0 bridgehead atoms. The van der Waals surface area contributed by atoms with Crippen LogP contribution in [-0.4, -0.2) is 43.3 Å². The van der Waals surface area contributed by atoms with Crippen LogP contribution in [-0.2, 0) is 6.42 Å². The molecule has 2 aliphatic rings. The number of ether oxygens (including phenoxy) is 2. The Morgan fingerprint density at radius 1 is 1.10 bits per heavy atom. The standard InChI is InChI=1S/C17H26N2O2/c1-17(13-18,19-7-3-2-4-8-19)12-14-5-6-15-16(11-14)21-10-9-20-15/h5-6,11H,2-4,7-10,12-13,18H2,1H3. The summed E-state index contributed by atoms with van der Waals surface area (Å²) in [5.74, 6) is 1.73. The molecule has 1 saturated heterocycles. The van der Waals surface area contributed by atoms with E-state index in [1.54, 1.807) is 0 Å². The molecule has 3 rings (SSSR count). The van der Waals surface area contributed by atoms with Crippen LogP contribution in [0.1, 0.15) is 31.7 Å². The van der Waals surface area contributed by atoms with E-state index in [-0.39, 0.29) is 5.54 Å². The molecular weight excluding hydrogens is 264 g/mol. The van der Waals surface area contributed by atoms with Crippen LogP contribution in [0.5, 0.6) is 11.5 Å². The van der Waals surface area contributed by atoms with Crippen molar-refractivity contribution < 1.29 is 9.47 Å². The Hall–Kier alpha value is -1.26. The van der Waals surface area contributed by atoms with E-state index < -0.39 is 0 Å². The summed E-state index contributed by atoms with van der Waals surface area (Å²) in [6.45, 7) is 6.57. The number of hydrogen-bond donors (Lipinski definition) is 1. The van der Waals surface area contributed by atoms with Gasteiger partial charge in [-0.05, 0) is 57.0 Å². The van der Waals surface area contributed by atoms with E-state index in [9.17, 15) is 0 Å². The number of rotatable bonds is 4. The normalized spacial score (nSPS) is 21.8. The van der Waals surface area contributed by atoms with Gasteiger partial charge in [-0.25, -0.2) is 0 Å². The van der Waals surface area contributed by atoms with Gasteiger partial charge in [0.15, 0.2) is 11.5 Å². The molecule has 1 fully saturated rings. The maximum atomic E-state index is 6.13. The van der Waals surface area contributed by atoms with Gasteiger partial charge in [0.25, 0.3) is 0 Å². The summed E-state index contributed by atoms with van der Waals surface area (Å²) in [4.78, 5) is 2.56. The van der Waals surface area contributed by atoms with Gasteiger partial charge in [0.1, 0.15) is 13.2 Å². The van der Waals surface area contributed by atoms with Gasteiger partial charge >= 0.3 is 0 Å². The first-order valence-corrected chi connectivity index (χ1v) is 8.05. The first-order valence-electron chi connectivity index (χ1n) is 8.05. The number of fused-ring (bicyclic) bond motifs is 1. The highest BCUT2D eigenvalue weighted by atomic mass is 16.6. The van der Waals surface area contributed by atoms with E-state index in [1.807, 2.05) is 6.07 Å². The molecule has 2 N–H and O–H groups in total. The molecule has 1 aromatic rings. The number of hydrogen-bond acceptors (Lipinski definition) is 4. The maximum absolute atomic E-state index is 6.13. The molecule has 116 valence electrons. The van der Waals surface area contributed by atoms with Gasteiger partial charge < -0.3 is 15.2 Å². The maximum Gasteiger partial charge on any atom is 0.161 e. The Morgan fingerprint density at radius 2 is 1.81 bits per heavy atom. The van der Waals surface area contributed by atoms with Crippen molar-refractivity contribution in [2.24, 2.45) is 5.73 Å². The van der Waals surface area contributed by atoms with Crippen molar-refractivity contribution in [1.82, 2.24) is 4.90 Å². The summed E-state index contributed by atoms with van der Waals surface area (Å²) < 4.78 is 11.3. The minimum Gasteiger partial charge on any atom is -0.486 e. The van der Waals surface area contributed by atoms with Gasteiger partial charge in [-0.1, -0.05) is 12.5 Å². The lowest BCUT2D eigenvalue weighted by atomic mass is 9.89. The second-order valence-corrected chi connectivity index (χ2v) is 6.40. The van der Waals surface area contributed by atoms with E-state index >= 15 is 0 Å². The third-order valence-electron chi connectivity index (χ3n) is 4.75. The largest absolute Gasteiger partial charge is 0.486 e. The van der Waals surface area contributed by atoms with Gasteiger partial charge in [0.2, 0.25) is 0 Å². The van der Waals surface area contributed by atoms with Crippen LogP contribution in [0.3, 0.4) is 0 Å². The highest BCUT2D eigenvalue weighted by molar-refractivity contribution is 5.44. The minimum absolute atomic E-state index is 0.0319. The molecule has 0 aliphatic carbocycles. The Labute approximate surface area is 127 Å². The van der Waals surface area contributed by atoms with E-state index in [0.717, 1.165) is 31.0 Å². The van der Waals surface area contributed by atoms with E-state index in [0.29, 0.717) is 19.8 Å². The molecule has 1 unspecified atom stereocenters. The predicted octanol–water partition coefficient (Wildman–Crippen LogP) is 2.20. The molecule has 1 aromatic carbocycles. The van der Waals surface area contributed by atoms with Gasteiger partial charge in [0, 0.05) is 12.1 Å². The zero-order chi connectivity index (χ0) is 14.7. The van der Waals surface area contributed by atoms with E-state index in [4.69, 9.17) is 15.2 Å². The topological polar surface area (TPSA) is 47.7 Å². The fourth-order valence-corrected chi connectivity index (χ4v) is 3.38.